The molecular formula is C19H24Cl2N2O. The van der Waals surface area contributed by atoms with Gasteiger partial charge in [-0.05, 0) is 63.6 Å². The lowest BCUT2D eigenvalue weighted by molar-refractivity contribution is -0.0000557. The number of nitrogens with zero attached hydrogens (tertiary/aromatic N) is 2. The number of rotatable bonds is 2. The van der Waals surface area contributed by atoms with Crippen molar-refractivity contribution in [1.29, 1.82) is 0 Å². The van der Waals surface area contributed by atoms with Gasteiger partial charge in [-0.15, -0.1) is 0 Å². The summed E-state index contributed by atoms with van der Waals surface area (Å²) in [4.78, 5) is 8.41. The van der Waals surface area contributed by atoms with E-state index in [9.17, 15) is 0 Å². The molecule has 1 unspecified atom stereocenters. The minimum atomic E-state index is -0.253. The second kappa shape index (κ2) is 5.89. The van der Waals surface area contributed by atoms with E-state index in [2.05, 4.69) is 16.1 Å². The molecule has 3 saturated heterocycles. The molecule has 0 N–H and O–H groups in total. The van der Waals surface area contributed by atoms with E-state index in [0.29, 0.717) is 34.0 Å². The fraction of sp³-hybridized carbons (Fsp3) is 0.632. The molecule has 130 valence electrons. The standard InChI is InChI=1S/C19H24Cl2N2O/c1-19(2,3)24-22-16-10-23-12-5-7-17(23)18(16)13(9-12)11-4-6-14(20)15(21)8-11/h4,6,8,12-13,17-18H,5,7,9-10H2,1-3H3/t12-,13+,17+,18-/m0/s1. The highest BCUT2D eigenvalue weighted by molar-refractivity contribution is 6.42. The third kappa shape index (κ3) is 2.85. The zero-order chi connectivity index (χ0) is 17.1. The summed E-state index contributed by atoms with van der Waals surface area (Å²) < 4.78 is 0. The van der Waals surface area contributed by atoms with E-state index in [1.807, 2.05) is 32.9 Å². The molecule has 3 nitrogen and oxygen atoms in total. The van der Waals surface area contributed by atoms with Crippen LogP contribution in [0.5, 0.6) is 0 Å². The molecule has 0 amide bonds. The van der Waals surface area contributed by atoms with Gasteiger partial charge in [0, 0.05) is 24.5 Å². The SMILES string of the molecule is CC(C)(C)ON=C1CN2[C@H]3CC[C@@H]2[C@H]1[C@@H](c1ccc(Cl)c(Cl)c1)C3. The van der Waals surface area contributed by atoms with Crippen LogP contribution in [0.3, 0.4) is 0 Å². The largest absolute Gasteiger partial charge is 0.390 e. The zero-order valence-electron chi connectivity index (χ0n) is 14.4. The number of oxime groups is 1. The van der Waals surface area contributed by atoms with Crippen LogP contribution in [0.25, 0.3) is 0 Å². The second-order valence-corrected chi connectivity index (χ2v) is 9.11. The van der Waals surface area contributed by atoms with Gasteiger partial charge < -0.3 is 4.84 Å². The summed E-state index contributed by atoms with van der Waals surface area (Å²) >= 11 is 12.4. The molecule has 4 bridgehead atoms. The van der Waals surface area contributed by atoms with Gasteiger partial charge >= 0.3 is 0 Å². The van der Waals surface area contributed by atoms with Gasteiger partial charge in [0.15, 0.2) is 0 Å². The molecule has 5 atom stereocenters. The quantitative estimate of drug-likeness (QED) is 0.678. The van der Waals surface area contributed by atoms with Crippen molar-refractivity contribution in [2.75, 3.05) is 6.54 Å². The first-order chi connectivity index (χ1) is 11.3. The van der Waals surface area contributed by atoms with E-state index in [-0.39, 0.29) is 5.60 Å². The molecule has 0 spiro atoms. The van der Waals surface area contributed by atoms with Gasteiger partial charge in [0.1, 0.15) is 5.60 Å². The van der Waals surface area contributed by atoms with Crippen LogP contribution in [0, 0.1) is 5.92 Å². The molecule has 5 heteroatoms. The van der Waals surface area contributed by atoms with Gasteiger partial charge in [0.2, 0.25) is 0 Å². The summed E-state index contributed by atoms with van der Waals surface area (Å²) in [6, 6.07) is 7.36. The lowest BCUT2D eigenvalue weighted by Crippen LogP contribution is -2.40. The molecule has 3 aliphatic heterocycles. The summed E-state index contributed by atoms with van der Waals surface area (Å²) in [7, 11) is 0. The summed E-state index contributed by atoms with van der Waals surface area (Å²) in [5.41, 5.74) is 2.24. The van der Waals surface area contributed by atoms with Crippen molar-refractivity contribution in [3.8, 4) is 0 Å². The number of halogens is 2. The predicted molar refractivity (Wildman–Crippen MR) is 99.1 cm³/mol. The van der Waals surface area contributed by atoms with E-state index in [1.54, 1.807) is 0 Å². The smallest absolute Gasteiger partial charge is 0.129 e. The zero-order valence-corrected chi connectivity index (χ0v) is 15.9. The first-order valence-corrected chi connectivity index (χ1v) is 9.55. The Morgan fingerprint density at radius 2 is 1.96 bits per heavy atom. The van der Waals surface area contributed by atoms with Crippen LogP contribution in [0.15, 0.2) is 23.4 Å². The Morgan fingerprint density at radius 1 is 1.17 bits per heavy atom. The highest BCUT2D eigenvalue weighted by Crippen LogP contribution is 2.51. The number of hydrogen-bond acceptors (Lipinski definition) is 3. The highest BCUT2D eigenvalue weighted by Gasteiger charge is 2.54. The lowest BCUT2D eigenvalue weighted by Gasteiger charge is -2.37. The average Bonchev–Trinajstić information content (AvgIpc) is 2.92. The van der Waals surface area contributed by atoms with Gasteiger partial charge in [-0.3, -0.25) is 4.90 Å². The Bertz CT molecular complexity index is 682. The van der Waals surface area contributed by atoms with Gasteiger partial charge in [-0.1, -0.05) is 34.4 Å². The maximum Gasteiger partial charge on any atom is 0.129 e. The summed E-state index contributed by atoms with van der Waals surface area (Å²) in [5, 5.41) is 5.85. The lowest BCUT2D eigenvalue weighted by atomic mass is 9.77. The van der Waals surface area contributed by atoms with Crippen molar-refractivity contribution in [2.45, 2.75) is 63.6 Å². The number of benzene rings is 1. The molecule has 1 aromatic rings. The van der Waals surface area contributed by atoms with Gasteiger partial charge in [-0.25, -0.2) is 0 Å². The molecule has 3 fully saturated rings. The Labute approximate surface area is 153 Å². The van der Waals surface area contributed by atoms with Crippen molar-refractivity contribution in [2.24, 2.45) is 11.1 Å². The molecule has 4 rings (SSSR count). The molecule has 0 saturated carbocycles. The Kier molecular flexibility index (Phi) is 4.10. The van der Waals surface area contributed by atoms with Crippen LogP contribution in [0.2, 0.25) is 10.0 Å². The predicted octanol–water partition coefficient (Wildman–Crippen LogP) is 5.11. The van der Waals surface area contributed by atoms with E-state index in [1.165, 1.54) is 30.5 Å². The Hall–Kier alpha value is -0.770. The van der Waals surface area contributed by atoms with Crippen molar-refractivity contribution in [1.82, 2.24) is 4.90 Å². The molecule has 3 aliphatic rings. The van der Waals surface area contributed by atoms with Crippen molar-refractivity contribution < 1.29 is 4.84 Å². The van der Waals surface area contributed by atoms with Gasteiger partial charge in [0.05, 0.1) is 15.8 Å². The number of piperidine rings is 1. The normalized spacial score (nSPS) is 36.4. The Balaban J connectivity index is 1.68. The van der Waals surface area contributed by atoms with Crippen molar-refractivity contribution in [3.05, 3.63) is 33.8 Å². The molecule has 1 aromatic carbocycles. The minimum Gasteiger partial charge on any atom is -0.390 e. The van der Waals surface area contributed by atoms with Crippen molar-refractivity contribution >= 4 is 28.9 Å². The van der Waals surface area contributed by atoms with Crippen molar-refractivity contribution in [3.63, 3.8) is 0 Å². The van der Waals surface area contributed by atoms with Gasteiger partial charge in [0.25, 0.3) is 0 Å². The molecule has 0 aliphatic carbocycles. The third-order valence-electron chi connectivity index (χ3n) is 5.60. The monoisotopic (exact) mass is 366 g/mol. The first-order valence-electron chi connectivity index (χ1n) is 8.79. The summed E-state index contributed by atoms with van der Waals surface area (Å²) in [5.74, 6) is 0.890. The van der Waals surface area contributed by atoms with Crippen LogP contribution in [0.4, 0.5) is 0 Å². The van der Waals surface area contributed by atoms with E-state index in [4.69, 9.17) is 28.0 Å². The number of hydrogen-bond donors (Lipinski definition) is 0. The topological polar surface area (TPSA) is 24.8 Å². The minimum absolute atomic E-state index is 0.253. The fourth-order valence-electron chi connectivity index (χ4n) is 4.68. The van der Waals surface area contributed by atoms with Crippen LogP contribution in [0.1, 0.15) is 51.5 Å². The van der Waals surface area contributed by atoms with Gasteiger partial charge in [-0.2, -0.15) is 0 Å². The first kappa shape index (κ1) is 16.7. The summed E-state index contributed by atoms with van der Waals surface area (Å²) in [6.45, 7) is 7.08. The second-order valence-electron chi connectivity index (χ2n) is 8.30. The molecule has 0 aromatic heterocycles. The van der Waals surface area contributed by atoms with E-state index < -0.39 is 0 Å². The molecular weight excluding hydrogens is 343 g/mol. The third-order valence-corrected chi connectivity index (χ3v) is 6.34. The van der Waals surface area contributed by atoms with E-state index >= 15 is 0 Å². The van der Waals surface area contributed by atoms with Crippen LogP contribution in [-0.2, 0) is 4.84 Å². The maximum absolute atomic E-state index is 6.28. The van der Waals surface area contributed by atoms with Crippen LogP contribution in [-0.4, -0.2) is 34.8 Å². The van der Waals surface area contributed by atoms with Crippen LogP contribution < -0.4 is 0 Å². The average molecular weight is 367 g/mol. The summed E-state index contributed by atoms with van der Waals surface area (Å²) in [6.07, 6.45) is 3.74. The molecule has 3 heterocycles. The fourth-order valence-corrected chi connectivity index (χ4v) is 4.98. The Morgan fingerprint density at radius 3 is 2.67 bits per heavy atom. The van der Waals surface area contributed by atoms with Crippen LogP contribution >= 0.6 is 23.2 Å². The van der Waals surface area contributed by atoms with E-state index in [0.717, 1.165) is 6.54 Å². The molecule has 24 heavy (non-hydrogen) atoms. The molecule has 0 radical (unpaired) electrons. The highest BCUT2D eigenvalue weighted by atomic mass is 35.5. The maximum atomic E-state index is 6.28.